The van der Waals surface area contributed by atoms with Gasteiger partial charge in [-0.2, -0.15) is 13.2 Å². The maximum Gasteiger partial charge on any atom is 0.433 e. The third-order valence-electron chi connectivity index (χ3n) is 3.21. The number of ether oxygens (including phenoxy) is 1. The van der Waals surface area contributed by atoms with Crippen molar-refractivity contribution in [2.75, 3.05) is 7.11 Å². The van der Waals surface area contributed by atoms with Crippen LogP contribution in [0.3, 0.4) is 0 Å². The number of halogens is 3. The zero-order valence-corrected chi connectivity index (χ0v) is 12.6. The van der Waals surface area contributed by atoms with Gasteiger partial charge in [-0.15, -0.1) is 0 Å². The lowest BCUT2D eigenvalue weighted by Gasteiger charge is -2.11. The van der Waals surface area contributed by atoms with Gasteiger partial charge in [0, 0.05) is 6.54 Å². The number of aromatic nitrogens is 1. The van der Waals surface area contributed by atoms with Gasteiger partial charge in [0.1, 0.15) is 11.4 Å². The van der Waals surface area contributed by atoms with Crippen LogP contribution in [0.15, 0.2) is 36.4 Å². The van der Waals surface area contributed by atoms with Crippen molar-refractivity contribution in [2.45, 2.75) is 19.6 Å². The Bertz CT molecular complexity index is 715. The molecule has 1 heterocycles. The van der Waals surface area contributed by atoms with Crippen LogP contribution in [0, 0.1) is 6.92 Å². The molecule has 0 aliphatic rings. The molecule has 0 radical (unpaired) electrons. The first kappa shape index (κ1) is 16.8. The highest BCUT2D eigenvalue weighted by Gasteiger charge is 2.33. The molecule has 0 spiro atoms. The first-order valence-electron chi connectivity index (χ1n) is 6.77. The van der Waals surface area contributed by atoms with Crippen molar-refractivity contribution >= 4 is 5.91 Å². The van der Waals surface area contributed by atoms with Crippen molar-refractivity contribution < 1.29 is 22.7 Å². The van der Waals surface area contributed by atoms with E-state index in [0.717, 1.165) is 17.7 Å². The highest BCUT2D eigenvalue weighted by Crippen LogP contribution is 2.28. The number of alkyl halides is 3. The molecular weight excluding hydrogens is 309 g/mol. The lowest BCUT2D eigenvalue weighted by molar-refractivity contribution is -0.141. The van der Waals surface area contributed by atoms with E-state index in [2.05, 4.69) is 10.3 Å². The van der Waals surface area contributed by atoms with Gasteiger partial charge in [-0.25, -0.2) is 4.98 Å². The zero-order valence-electron chi connectivity index (χ0n) is 12.6. The molecule has 0 atom stereocenters. The number of carbonyl (C=O) groups is 1. The molecule has 1 aromatic heterocycles. The fourth-order valence-corrected chi connectivity index (χ4v) is 2.02. The molecule has 0 aliphatic heterocycles. The molecule has 0 unspecified atom stereocenters. The first-order chi connectivity index (χ1) is 10.8. The summed E-state index contributed by atoms with van der Waals surface area (Å²) >= 11 is 0. The summed E-state index contributed by atoms with van der Waals surface area (Å²) < 4.78 is 42.8. The number of hydrogen-bond donors (Lipinski definition) is 1. The third-order valence-corrected chi connectivity index (χ3v) is 3.21. The van der Waals surface area contributed by atoms with Crippen LogP contribution in [-0.4, -0.2) is 18.0 Å². The number of nitrogens with zero attached hydrogens (tertiary/aromatic N) is 1. The van der Waals surface area contributed by atoms with Crippen molar-refractivity contribution in [1.82, 2.24) is 10.3 Å². The average Bonchev–Trinajstić information content (AvgIpc) is 2.51. The van der Waals surface area contributed by atoms with Crippen LogP contribution in [0.5, 0.6) is 5.75 Å². The highest BCUT2D eigenvalue weighted by molar-refractivity contribution is 5.95. The Hall–Kier alpha value is -2.57. The molecule has 0 aliphatic carbocycles. The monoisotopic (exact) mass is 324 g/mol. The molecule has 2 aromatic rings. The van der Waals surface area contributed by atoms with E-state index in [0.29, 0.717) is 5.75 Å². The molecular formula is C16H15F3N2O2. The Morgan fingerprint density at radius 2 is 2.00 bits per heavy atom. The van der Waals surface area contributed by atoms with Gasteiger partial charge in [0.2, 0.25) is 0 Å². The number of aryl methyl sites for hydroxylation is 1. The van der Waals surface area contributed by atoms with Crippen molar-refractivity contribution in [3.8, 4) is 5.75 Å². The van der Waals surface area contributed by atoms with Crippen molar-refractivity contribution in [3.05, 3.63) is 58.9 Å². The van der Waals surface area contributed by atoms with Crippen LogP contribution in [0.1, 0.15) is 27.3 Å². The minimum atomic E-state index is -4.53. The minimum absolute atomic E-state index is 0.0305. The van der Waals surface area contributed by atoms with Crippen LogP contribution in [-0.2, 0) is 12.7 Å². The lowest BCUT2D eigenvalue weighted by atomic mass is 10.1. The van der Waals surface area contributed by atoms with Gasteiger partial charge in [0.25, 0.3) is 5.91 Å². The number of nitrogens with one attached hydrogen (secondary N) is 1. The molecule has 0 fully saturated rings. The van der Waals surface area contributed by atoms with E-state index in [1.807, 2.05) is 0 Å². The van der Waals surface area contributed by atoms with Gasteiger partial charge in [0.15, 0.2) is 0 Å². The van der Waals surface area contributed by atoms with Crippen molar-refractivity contribution in [3.63, 3.8) is 0 Å². The first-order valence-corrected chi connectivity index (χ1v) is 6.77. The van der Waals surface area contributed by atoms with Crippen LogP contribution in [0.4, 0.5) is 13.2 Å². The number of rotatable bonds is 4. The normalized spacial score (nSPS) is 11.2. The molecule has 1 amide bonds. The molecule has 122 valence electrons. The quantitative estimate of drug-likeness (QED) is 0.938. The Kier molecular flexibility index (Phi) is 4.88. The smallest absolute Gasteiger partial charge is 0.433 e. The largest absolute Gasteiger partial charge is 0.497 e. The van der Waals surface area contributed by atoms with E-state index in [9.17, 15) is 18.0 Å². The van der Waals surface area contributed by atoms with Gasteiger partial charge in [-0.05, 0) is 36.8 Å². The molecule has 1 aromatic carbocycles. The fraction of sp³-hybridized carbons (Fsp3) is 0.250. The van der Waals surface area contributed by atoms with Gasteiger partial charge < -0.3 is 10.1 Å². The van der Waals surface area contributed by atoms with E-state index in [4.69, 9.17) is 4.74 Å². The number of pyridine rings is 1. The molecule has 4 nitrogen and oxygen atoms in total. The topological polar surface area (TPSA) is 51.2 Å². The lowest BCUT2D eigenvalue weighted by Crippen LogP contribution is -2.24. The molecule has 0 bridgehead atoms. The fourth-order valence-electron chi connectivity index (χ4n) is 2.02. The van der Waals surface area contributed by atoms with E-state index >= 15 is 0 Å². The second-order valence-corrected chi connectivity index (χ2v) is 4.86. The Morgan fingerprint density at radius 1 is 1.26 bits per heavy atom. The molecule has 1 N–H and O–H groups in total. The van der Waals surface area contributed by atoms with Crippen molar-refractivity contribution in [2.24, 2.45) is 0 Å². The number of hydrogen-bond acceptors (Lipinski definition) is 3. The van der Waals surface area contributed by atoms with E-state index in [-0.39, 0.29) is 17.8 Å². The van der Waals surface area contributed by atoms with Crippen molar-refractivity contribution in [1.29, 1.82) is 0 Å². The second-order valence-electron chi connectivity index (χ2n) is 4.86. The predicted octanol–water partition coefficient (Wildman–Crippen LogP) is 3.35. The summed E-state index contributed by atoms with van der Waals surface area (Å²) in [7, 11) is 1.54. The zero-order chi connectivity index (χ0) is 17.0. The van der Waals surface area contributed by atoms with Gasteiger partial charge >= 0.3 is 6.18 Å². The standard InChI is InChI=1S/C16H15F3N2O2/c1-10-13(6-7-14(21-10)16(17,18)19)15(22)20-9-11-4-3-5-12(8-11)23-2/h3-8H,9H2,1-2H3,(H,20,22). The highest BCUT2D eigenvalue weighted by atomic mass is 19.4. The summed E-state index contributed by atoms with van der Waals surface area (Å²) in [5.74, 6) is 0.177. The number of amides is 1. The predicted molar refractivity (Wildman–Crippen MR) is 78.1 cm³/mol. The van der Waals surface area contributed by atoms with Crippen LogP contribution < -0.4 is 10.1 Å². The summed E-state index contributed by atoms with van der Waals surface area (Å²) in [6, 6.07) is 9.05. The van der Waals surface area contributed by atoms with Gasteiger partial charge in [0.05, 0.1) is 18.4 Å². The second kappa shape index (κ2) is 6.68. The summed E-state index contributed by atoms with van der Waals surface area (Å²) in [6.07, 6.45) is -4.53. The summed E-state index contributed by atoms with van der Waals surface area (Å²) in [5.41, 5.74) is -0.0570. The maximum absolute atomic E-state index is 12.6. The number of carbonyl (C=O) groups excluding carboxylic acids is 1. The Morgan fingerprint density at radius 3 is 2.61 bits per heavy atom. The number of benzene rings is 1. The van der Waals surface area contributed by atoms with Crippen LogP contribution in [0.2, 0.25) is 0 Å². The molecule has 7 heteroatoms. The van der Waals surface area contributed by atoms with Crippen LogP contribution in [0.25, 0.3) is 0 Å². The minimum Gasteiger partial charge on any atom is -0.497 e. The Balaban J connectivity index is 2.09. The Labute approximate surface area is 131 Å². The summed E-state index contributed by atoms with van der Waals surface area (Å²) in [4.78, 5) is 15.5. The summed E-state index contributed by atoms with van der Waals surface area (Å²) in [6.45, 7) is 1.60. The molecule has 2 rings (SSSR count). The molecule has 23 heavy (non-hydrogen) atoms. The van der Waals surface area contributed by atoms with Crippen LogP contribution >= 0.6 is 0 Å². The van der Waals surface area contributed by atoms with E-state index in [1.54, 1.807) is 24.3 Å². The van der Waals surface area contributed by atoms with Gasteiger partial charge in [-0.1, -0.05) is 12.1 Å². The number of methoxy groups -OCH3 is 1. The van der Waals surface area contributed by atoms with Gasteiger partial charge in [-0.3, -0.25) is 4.79 Å². The SMILES string of the molecule is COc1cccc(CNC(=O)c2ccc(C(F)(F)F)nc2C)c1. The average molecular weight is 324 g/mol. The molecule has 0 saturated heterocycles. The third kappa shape index (κ3) is 4.21. The molecule has 0 saturated carbocycles. The van der Waals surface area contributed by atoms with E-state index < -0.39 is 17.8 Å². The summed E-state index contributed by atoms with van der Waals surface area (Å²) in [5, 5.41) is 2.65. The maximum atomic E-state index is 12.6. The van der Waals surface area contributed by atoms with E-state index in [1.165, 1.54) is 14.0 Å².